The Labute approximate surface area is 198 Å². The van der Waals surface area contributed by atoms with Crippen LogP contribution in [0, 0.1) is 23.7 Å². The number of fused-ring (bicyclic) bond motifs is 1. The maximum absolute atomic E-state index is 13.4. The van der Waals surface area contributed by atoms with E-state index in [1.165, 1.54) is 4.40 Å². The molecule has 1 unspecified atom stereocenters. The van der Waals surface area contributed by atoms with E-state index < -0.39 is 11.5 Å². The molecule has 2 N–H and O–H groups in total. The molecule has 0 bridgehead atoms. The van der Waals surface area contributed by atoms with Gasteiger partial charge in [-0.1, -0.05) is 26.0 Å². The van der Waals surface area contributed by atoms with Gasteiger partial charge in [0.2, 0.25) is 0 Å². The first-order valence-corrected chi connectivity index (χ1v) is 11.4. The minimum Gasteiger partial charge on any atom is -0.478 e. The molecule has 0 aliphatic carbocycles. The van der Waals surface area contributed by atoms with Gasteiger partial charge in [-0.25, -0.2) is 9.78 Å². The van der Waals surface area contributed by atoms with Crippen molar-refractivity contribution in [2.45, 2.75) is 46.6 Å². The van der Waals surface area contributed by atoms with Crippen LogP contribution in [0.5, 0.6) is 0 Å². The van der Waals surface area contributed by atoms with Crippen molar-refractivity contribution in [2.24, 2.45) is 5.41 Å². The highest BCUT2D eigenvalue weighted by molar-refractivity contribution is 5.94. The van der Waals surface area contributed by atoms with Crippen LogP contribution in [-0.2, 0) is 0 Å². The highest BCUT2D eigenvalue weighted by atomic mass is 16.4. The van der Waals surface area contributed by atoms with E-state index in [0.717, 1.165) is 37.1 Å². The van der Waals surface area contributed by atoms with Crippen LogP contribution in [0.25, 0.3) is 5.65 Å². The van der Waals surface area contributed by atoms with Crippen LogP contribution < -0.4 is 15.8 Å². The molecule has 1 aromatic carbocycles. The minimum atomic E-state index is -1.02. The SMILES string of the molecule is Cc1cc(C(C)Nc2ccccc2C(=O)O)c2nc(N3CCC(C)(C)CC3)c(C#N)c(=O)n2c1. The number of anilines is 2. The van der Waals surface area contributed by atoms with E-state index in [4.69, 9.17) is 4.98 Å². The summed E-state index contributed by atoms with van der Waals surface area (Å²) >= 11 is 0. The van der Waals surface area contributed by atoms with Crippen LogP contribution in [0.15, 0.2) is 41.3 Å². The molecule has 4 rings (SSSR count). The Hall–Kier alpha value is -3.86. The number of nitriles is 1. The van der Waals surface area contributed by atoms with Crippen molar-refractivity contribution < 1.29 is 9.90 Å². The van der Waals surface area contributed by atoms with Gasteiger partial charge in [0.05, 0.1) is 11.6 Å². The average Bonchev–Trinajstić information content (AvgIpc) is 2.79. The van der Waals surface area contributed by atoms with E-state index >= 15 is 0 Å². The van der Waals surface area contributed by atoms with Crippen molar-refractivity contribution in [1.29, 1.82) is 5.26 Å². The number of benzene rings is 1. The molecule has 0 radical (unpaired) electrons. The molecule has 8 heteroatoms. The maximum atomic E-state index is 13.4. The molecule has 34 heavy (non-hydrogen) atoms. The van der Waals surface area contributed by atoms with E-state index in [2.05, 4.69) is 25.2 Å². The number of para-hydroxylation sites is 1. The lowest BCUT2D eigenvalue weighted by atomic mass is 9.82. The number of carbonyl (C=O) groups is 1. The van der Waals surface area contributed by atoms with Gasteiger partial charge in [0.1, 0.15) is 11.7 Å². The summed E-state index contributed by atoms with van der Waals surface area (Å²) in [4.78, 5) is 31.9. The van der Waals surface area contributed by atoms with Crippen molar-refractivity contribution in [3.63, 3.8) is 0 Å². The fraction of sp³-hybridized carbons (Fsp3) is 0.385. The second kappa shape index (κ2) is 8.82. The van der Waals surface area contributed by atoms with Crippen molar-refractivity contribution >= 4 is 23.1 Å². The lowest BCUT2D eigenvalue weighted by Gasteiger charge is -2.37. The Kier molecular flexibility index (Phi) is 6.05. The highest BCUT2D eigenvalue weighted by Gasteiger charge is 2.29. The molecule has 8 nitrogen and oxygen atoms in total. The molecule has 1 fully saturated rings. The number of aryl methyl sites for hydroxylation is 1. The number of carboxylic acids is 1. The smallest absolute Gasteiger partial charge is 0.337 e. The summed E-state index contributed by atoms with van der Waals surface area (Å²) in [5.41, 5.74) is 2.57. The van der Waals surface area contributed by atoms with Gasteiger partial charge >= 0.3 is 5.97 Å². The largest absolute Gasteiger partial charge is 0.478 e. The van der Waals surface area contributed by atoms with Gasteiger partial charge in [0, 0.05) is 30.5 Å². The van der Waals surface area contributed by atoms with Crippen molar-refractivity contribution in [3.8, 4) is 6.07 Å². The predicted molar refractivity (Wildman–Crippen MR) is 132 cm³/mol. The van der Waals surface area contributed by atoms with Crippen molar-refractivity contribution in [2.75, 3.05) is 23.3 Å². The Balaban J connectivity index is 1.83. The van der Waals surface area contributed by atoms with Gasteiger partial charge in [0.15, 0.2) is 11.4 Å². The zero-order chi connectivity index (χ0) is 24.6. The number of hydrogen-bond donors (Lipinski definition) is 2. The molecular formula is C26H29N5O3. The molecule has 0 saturated carbocycles. The summed E-state index contributed by atoms with van der Waals surface area (Å²) in [5, 5.41) is 22.6. The lowest BCUT2D eigenvalue weighted by molar-refractivity contribution is 0.0698. The molecule has 3 aromatic rings. The number of pyridine rings is 1. The molecule has 1 aliphatic heterocycles. The molecule has 3 heterocycles. The van der Waals surface area contributed by atoms with Crippen LogP contribution in [0.1, 0.15) is 66.7 Å². The summed E-state index contributed by atoms with van der Waals surface area (Å²) < 4.78 is 1.43. The van der Waals surface area contributed by atoms with Crippen molar-refractivity contribution in [1.82, 2.24) is 9.38 Å². The number of aromatic carboxylic acids is 1. The van der Waals surface area contributed by atoms with E-state index in [1.54, 1.807) is 30.5 Å². The number of hydrogen-bond acceptors (Lipinski definition) is 6. The molecule has 0 spiro atoms. The van der Waals surface area contributed by atoms with E-state index in [0.29, 0.717) is 17.2 Å². The highest BCUT2D eigenvalue weighted by Crippen LogP contribution is 2.33. The fourth-order valence-corrected chi connectivity index (χ4v) is 4.47. The second-order valence-corrected chi connectivity index (χ2v) is 9.76. The van der Waals surface area contributed by atoms with Gasteiger partial charge in [-0.15, -0.1) is 0 Å². The molecule has 1 atom stereocenters. The van der Waals surface area contributed by atoms with E-state index in [-0.39, 0.29) is 22.6 Å². The quantitative estimate of drug-likeness (QED) is 0.583. The van der Waals surface area contributed by atoms with Crippen LogP contribution >= 0.6 is 0 Å². The normalized spacial score (nSPS) is 16.1. The van der Waals surface area contributed by atoms with Crippen LogP contribution in [0.3, 0.4) is 0 Å². The van der Waals surface area contributed by atoms with Crippen molar-refractivity contribution in [3.05, 3.63) is 69.1 Å². The topological polar surface area (TPSA) is 111 Å². The van der Waals surface area contributed by atoms with Crippen LogP contribution in [0.2, 0.25) is 0 Å². The predicted octanol–water partition coefficient (Wildman–Crippen LogP) is 4.37. The van der Waals surface area contributed by atoms with Gasteiger partial charge in [-0.2, -0.15) is 5.26 Å². The zero-order valence-electron chi connectivity index (χ0n) is 19.9. The standard InChI is InChI=1S/C26H29N5O3/c1-16-13-19(17(2)28-21-8-6-5-7-18(21)25(33)34)23-29-22(20(14-27)24(32)31(23)15-16)30-11-9-26(3,4)10-12-30/h5-8,13,15,17,28H,9-12H2,1-4H3,(H,33,34). The zero-order valence-corrected chi connectivity index (χ0v) is 19.9. The lowest BCUT2D eigenvalue weighted by Crippen LogP contribution is -2.39. The Morgan fingerprint density at radius 2 is 1.94 bits per heavy atom. The first kappa shape index (κ1) is 23.3. The molecule has 0 amide bonds. The summed E-state index contributed by atoms with van der Waals surface area (Å²) in [5.74, 6) is -0.598. The van der Waals surface area contributed by atoms with Gasteiger partial charge in [0.25, 0.3) is 5.56 Å². The third-order valence-corrected chi connectivity index (χ3v) is 6.59. The van der Waals surface area contributed by atoms with Gasteiger partial charge < -0.3 is 15.3 Å². The van der Waals surface area contributed by atoms with Gasteiger partial charge in [-0.05, 0) is 55.9 Å². The molecule has 1 saturated heterocycles. The number of rotatable bonds is 5. The molecule has 1 aliphatic rings. The van der Waals surface area contributed by atoms with E-state index in [1.807, 2.05) is 24.8 Å². The summed E-state index contributed by atoms with van der Waals surface area (Å²) in [6.07, 6.45) is 3.59. The first-order chi connectivity index (χ1) is 16.1. The van der Waals surface area contributed by atoms with Crippen LogP contribution in [0.4, 0.5) is 11.5 Å². The summed E-state index contributed by atoms with van der Waals surface area (Å²) in [6.45, 7) is 9.68. The molecule has 176 valence electrons. The number of nitrogens with zero attached hydrogens (tertiary/aromatic N) is 4. The fourth-order valence-electron chi connectivity index (χ4n) is 4.47. The maximum Gasteiger partial charge on any atom is 0.337 e. The molecular weight excluding hydrogens is 430 g/mol. The number of carboxylic acid groups (broad SMARTS) is 1. The second-order valence-electron chi connectivity index (χ2n) is 9.76. The average molecular weight is 460 g/mol. The monoisotopic (exact) mass is 459 g/mol. The molecule has 2 aromatic heterocycles. The number of piperidine rings is 1. The summed E-state index contributed by atoms with van der Waals surface area (Å²) in [6, 6.07) is 10.4. The Morgan fingerprint density at radius 1 is 1.26 bits per heavy atom. The van der Waals surface area contributed by atoms with E-state index in [9.17, 15) is 20.0 Å². The minimum absolute atomic E-state index is 0.0468. The Bertz CT molecular complexity index is 1360. The number of nitrogens with one attached hydrogen (secondary N) is 1. The van der Waals surface area contributed by atoms with Crippen LogP contribution in [-0.4, -0.2) is 33.6 Å². The summed E-state index contributed by atoms with van der Waals surface area (Å²) in [7, 11) is 0. The van der Waals surface area contributed by atoms with Gasteiger partial charge in [-0.3, -0.25) is 9.20 Å². The number of aromatic nitrogens is 2. The Morgan fingerprint density at radius 3 is 2.59 bits per heavy atom. The first-order valence-electron chi connectivity index (χ1n) is 11.4. The third-order valence-electron chi connectivity index (χ3n) is 6.59. The third kappa shape index (κ3) is 4.34.